The lowest BCUT2D eigenvalue weighted by molar-refractivity contribution is -0.132. The maximum absolute atomic E-state index is 12.6. The highest BCUT2D eigenvalue weighted by Crippen LogP contribution is 2.18. The number of carbonyl (C=O) groups excluding carboxylic acids is 1. The van der Waals surface area contributed by atoms with Crippen molar-refractivity contribution in [3.8, 4) is 0 Å². The third kappa shape index (κ3) is 47.4. The van der Waals surface area contributed by atoms with Gasteiger partial charge in [-0.1, -0.05) is 281 Å². The molecule has 0 heterocycles. The smallest absolute Gasteiger partial charge is 0.249 e. The molecular weight excluding hydrogens is 803 g/mol. The fourth-order valence-electron chi connectivity index (χ4n) is 9.09. The molecule has 0 aliphatic carbocycles. The summed E-state index contributed by atoms with van der Waals surface area (Å²) < 4.78 is 0. The van der Waals surface area contributed by atoms with Gasteiger partial charge in [0.2, 0.25) is 5.91 Å². The number of nitrogens with one attached hydrogen (secondary N) is 1. The summed E-state index contributed by atoms with van der Waals surface area (Å²) in [6, 6.07) is -1.01. The van der Waals surface area contributed by atoms with Gasteiger partial charge in [-0.05, 0) is 57.8 Å². The SMILES string of the molecule is CC/C=C/CC/C=C/CC/C=C/CCCC(O)C(O)C(CO)NC(=O)C(O)CCCCCCCCCCCCCCCCCCCCCCCCCCCCCCCCCCCCCC. The van der Waals surface area contributed by atoms with E-state index in [1.807, 2.05) is 0 Å². The van der Waals surface area contributed by atoms with Gasteiger partial charge in [0.05, 0.1) is 18.8 Å². The molecule has 0 rings (SSSR count). The minimum Gasteiger partial charge on any atom is -0.394 e. The van der Waals surface area contributed by atoms with Crippen molar-refractivity contribution in [3.05, 3.63) is 36.5 Å². The zero-order chi connectivity index (χ0) is 47.4. The van der Waals surface area contributed by atoms with E-state index >= 15 is 0 Å². The minimum atomic E-state index is -1.29. The molecule has 0 aliphatic rings. The van der Waals surface area contributed by atoms with Crippen molar-refractivity contribution in [2.24, 2.45) is 0 Å². The molecule has 0 aromatic carbocycles. The summed E-state index contributed by atoms with van der Waals surface area (Å²) in [5.74, 6) is -0.596. The van der Waals surface area contributed by atoms with Crippen LogP contribution in [-0.4, -0.2) is 57.3 Å². The zero-order valence-electron chi connectivity index (χ0n) is 43.5. The number of aliphatic hydroxyl groups is 4. The first kappa shape index (κ1) is 63.5. The van der Waals surface area contributed by atoms with Crippen LogP contribution in [0.3, 0.4) is 0 Å². The second-order valence-corrected chi connectivity index (χ2v) is 19.9. The Morgan fingerprint density at radius 1 is 0.385 bits per heavy atom. The molecule has 5 N–H and O–H groups in total. The summed E-state index contributed by atoms with van der Waals surface area (Å²) >= 11 is 0. The van der Waals surface area contributed by atoms with Gasteiger partial charge in [0, 0.05) is 0 Å². The lowest BCUT2D eigenvalue weighted by Crippen LogP contribution is -2.53. The number of amides is 1. The van der Waals surface area contributed by atoms with Gasteiger partial charge in [0.15, 0.2) is 0 Å². The lowest BCUT2D eigenvalue weighted by atomic mass is 10.00. The molecule has 0 bridgehead atoms. The average molecular weight is 917 g/mol. The van der Waals surface area contributed by atoms with Gasteiger partial charge in [-0.25, -0.2) is 0 Å². The maximum atomic E-state index is 12.6. The molecule has 0 spiro atoms. The number of hydrogen-bond donors (Lipinski definition) is 5. The van der Waals surface area contributed by atoms with Crippen LogP contribution in [0, 0.1) is 0 Å². The summed E-state index contributed by atoms with van der Waals surface area (Å²) in [6.07, 6.45) is 66.8. The normalized spacial score (nSPS) is 14.0. The Hall–Kier alpha value is -1.47. The highest BCUT2D eigenvalue weighted by Gasteiger charge is 2.28. The Labute approximate surface area is 405 Å². The van der Waals surface area contributed by atoms with E-state index in [9.17, 15) is 25.2 Å². The molecule has 4 atom stereocenters. The van der Waals surface area contributed by atoms with Crippen LogP contribution >= 0.6 is 0 Å². The molecule has 0 saturated heterocycles. The molecule has 0 radical (unpaired) electrons. The van der Waals surface area contributed by atoms with Crippen molar-refractivity contribution in [3.63, 3.8) is 0 Å². The Kier molecular flexibility index (Phi) is 52.3. The summed E-state index contributed by atoms with van der Waals surface area (Å²) in [7, 11) is 0. The quantitative estimate of drug-likeness (QED) is 0.0308. The largest absolute Gasteiger partial charge is 0.394 e. The number of aliphatic hydroxyl groups excluding tert-OH is 4. The third-order valence-corrected chi connectivity index (χ3v) is 13.6. The maximum Gasteiger partial charge on any atom is 0.249 e. The van der Waals surface area contributed by atoms with Crippen molar-refractivity contribution >= 4 is 5.91 Å². The van der Waals surface area contributed by atoms with Gasteiger partial charge >= 0.3 is 0 Å². The third-order valence-electron chi connectivity index (χ3n) is 13.6. The summed E-state index contributed by atoms with van der Waals surface area (Å²) in [5, 5.41) is 43.8. The van der Waals surface area contributed by atoms with Crippen molar-refractivity contribution in [2.75, 3.05) is 6.61 Å². The van der Waals surface area contributed by atoms with Crippen molar-refractivity contribution in [2.45, 2.75) is 327 Å². The van der Waals surface area contributed by atoms with Crippen LogP contribution in [-0.2, 0) is 4.79 Å². The van der Waals surface area contributed by atoms with Crippen molar-refractivity contribution in [1.29, 1.82) is 0 Å². The molecular formula is C59H113NO5. The molecule has 384 valence electrons. The van der Waals surface area contributed by atoms with E-state index in [1.165, 1.54) is 212 Å². The molecule has 6 nitrogen and oxygen atoms in total. The summed E-state index contributed by atoms with van der Waals surface area (Å²) in [5.41, 5.74) is 0. The highest BCUT2D eigenvalue weighted by molar-refractivity contribution is 5.80. The topological polar surface area (TPSA) is 110 Å². The number of carbonyl (C=O) groups is 1. The van der Waals surface area contributed by atoms with E-state index in [1.54, 1.807) is 0 Å². The molecule has 0 aromatic rings. The second kappa shape index (κ2) is 53.5. The summed E-state index contributed by atoms with van der Waals surface area (Å²) in [4.78, 5) is 12.6. The van der Waals surface area contributed by atoms with Gasteiger partial charge < -0.3 is 25.7 Å². The molecule has 65 heavy (non-hydrogen) atoms. The van der Waals surface area contributed by atoms with E-state index in [2.05, 4.69) is 55.6 Å². The molecule has 0 aliphatic heterocycles. The van der Waals surface area contributed by atoms with Crippen LogP contribution in [0.15, 0.2) is 36.5 Å². The van der Waals surface area contributed by atoms with Gasteiger partial charge in [0.1, 0.15) is 12.2 Å². The number of unbranched alkanes of at least 4 members (excludes halogenated alkanes) is 38. The fraction of sp³-hybridized carbons (Fsp3) is 0.881. The predicted octanol–water partition coefficient (Wildman–Crippen LogP) is 16.8. The van der Waals surface area contributed by atoms with Gasteiger partial charge in [-0.15, -0.1) is 0 Å². The molecule has 0 aromatic heterocycles. The Morgan fingerprint density at radius 3 is 0.985 bits per heavy atom. The first-order valence-corrected chi connectivity index (χ1v) is 28.9. The van der Waals surface area contributed by atoms with Gasteiger partial charge in [-0.2, -0.15) is 0 Å². The zero-order valence-corrected chi connectivity index (χ0v) is 43.5. The van der Waals surface area contributed by atoms with Crippen molar-refractivity contribution in [1.82, 2.24) is 5.32 Å². The Morgan fingerprint density at radius 2 is 0.677 bits per heavy atom. The fourth-order valence-corrected chi connectivity index (χ4v) is 9.09. The van der Waals surface area contributed by atoms with Crippen LogP contribution in [0.25, 0.3) is 0 Å². The molecule has 0 saturated carbocycles. The molecule has 6 heteroatoms. The first-order valence-electron chi connectivity index (χ1n) is 28.9. The predicted molar refractivity (Wildman–Crippen MR) is 284 cm³/mol. The summed E-state index contributed by atoms with van der Waals surface area (Å²) in [6.45, 7) is 3.95. The van der Waals surface area contributed by atoms with E-state index in [4.69, 9.17) is 0 Å². The molecule has 1 amide bonds. The van der Waals surface area contributed by atoms with Crippen LogP contribution in [0.1, 0.15) is 303 Å². The first-order chi connectivity index (χ1) is 32.0. The average Bonchev–Trinajstić information content (AvgIpc) is 3.31. The van der Waals surface area contributed by atoms with Crippen LogP contribution in [0.4, 0.5) is 0 Å². The van der Waals surface area contributed by atoms with E-state index in [0.717, 1.165) is 57.8 Å². The van der Waals surface area contributed by atoms with Crippen molar-refractivity contribution < 1.29 is 25.2 Å². The van der Waals surface area contributed by atoms with Crippen LogP contribution in [0.5, 0.6) is 0 Å². The van der Waals surface area contributed by atoms with Gasteiger partial charge in [0.25, 0.3) is 0 Å². The molecule has 0 fully saturated rings. The van der Waals surface area contributed by atoms with E-state index in [-0.39, 0.29) is 0 Å². The Balaban J connectivity index is 3.50. The van der Waals surface area contributed by atoms with Crippen LogP contribution in [0.2, 0.25) is 0 Å². The van der Waals surface area contributed by atoms with E-state index < -0.39 is 36.9 Å². The van der Waals surface area contributed by atoms with Crippen LogP contribution < -0.4 is 5.32 Å². The molecule has 4 unspecified atom stereocenters. The number of hydrogen-bond acceptors (Lipinski definition) is 5. The Bertz CT molecular complexity index is 1030. The second-order valence-electron chi connectivity index (χ2n) is 19.9. The standard InChI is InChI=1S/C59H113NO5/c1-3-5-7-9-11-13-15-17-18-19-20-21-22-23-24-25-26-27-28-29-30-31-32-33-34-35-36-37-38-39-41-43-45-47-49-51-53-57(63)59(65)60-55(54-61)58(64)56(62)52-50-48-46-44-42-40-16-14-12-10-8-6-4-2/h6,8,14,16,44,46,55-58,61-64H,3-5,7,9-13,15,17-43,45,47-54H2,1-2H3,(H,60,65)/b8-6+,16-14+,46-44+. The van der Waals surface area contributed by atoms with E-state index in [0.29, 0.717) is 19.3 Å². The number of rotatable bonds is 53. The highest BCUT2D eigenvalue weighted by atomic mass is 16.3. The number of allylic oxidation sites excluding steroid dienone is 6. The minimum absolute atomic E-state index is 0.362. The lowest BCUT2D eigenvalue weighted by Gasteiger charge is -2.27. The van der Waals surface area contributed by atoms with Gasteiger partial charge in [-0.3, -0.25) is 4.79 Å². The monoisotopic (exact) mass is 916 g/mol.